The van der Waals surface area contributed by atoms with Crippen molar-refractivity contribution in [3.8, 4) is 5.75 Å². The molecular formula is C64H57BrCl2F4N8O2S. The van der Waals surface area contributed by atoms with E-state index in [0.717, 1.165) is 103 Å². The number of urea groups is 1. The molecule has 0 aliphatic carbocycles. The lowest BCUT2D eigenvalue weighted by atomic mass is 9.92. The number of amides is 2. The topological polar surface area (TPSA) is 116 Å². The molecule has 0 saturated heterocycles. The zero-order chi connectivity index (χ0) is 57.4. The first kappa shape index (κ1) is 56.5. The second-order valence-electron chi connectivity index (χ2n) is 20.8. The van der Waals surface area contributed by atoms with Crippen LogP contribution >= 0.6 is 51.3 Å². The highest BCUT2D eigenvalue weighted by Crippen LogP contribution is 2.42. The zero-order valence-electron chi connectivity index (χ0n) is 44.8. The number of methoxy groups -OCH3 is 1. The molecule has 0 spiro atoms. The van der Waals surface area contributed by atoms with Gasteiger partial charge in [0.1, 0.15) is 11.6 Å². The van der Waals surface area contributed by atoms with Crippen molar-refractivity contribution >= 4 is 101 Å². The van der Waals surface area contributed by atoms with Crippen LogP contribution in [0.25, 0.3) is 32.7 Å². The number of carbonyl (C=O) groups is 1. The molecule has 13 rings (SSSR count). The van der Waals surface area contributed by atoms with E-state index in [0.29, 0.717) is 34.7 Å². The fourth-order valence-corrected chi connectivity index (χ4v) is 12.7. The lowest BCUT2D eigenvalue weighted by Crippen LogP contribution is -2.47. The normalized spacial score (nSPS) is 16.6. The summed E-state index contributed by atoms with van der Waals surface area (Å²) in [6.45, 7) is 6.42. The smallest absolute Gasteiger partial charge is 0.416 e. The number of carbonyl (C=O) groups excluding carboxylic acids is 1. The molecule has 6 heterocycles. The number of fused-ring (bicyclic) bond motifs is 9. The Labute approximate surface area is 495 Å². The van der Waals surface area contributed by atoms with Crippen molar-refractivity contribution in [1.82, 2.24) is 35.4 Å². The fraction of sp³-hybridized carbons (Fsp3) is 0.219. The van der Waals surface area contributed by atoms with E-state index >= 15 is 0 Å². The van der Waals surface area contributed by atoms with Crippen LogP contribution in [0.4, 0.5) is 28.0 Å². The number of aromatic nitrogens is 3. The average molecular weight is 1230 g/mol. The summed E-state index contributed by atoms with van der Waals surface area (Å²) in [5.41, 5.74) is 12.9. The third-order valence-corrected chi connectivity index (χ3v) is 16.5. The molecule has 6 N–H and O–H groups in total. The number of thiocarbonyl (C=S) groups is 1. The lowest BCUT2D eigenvalue weighted by molar-refractivity contribution is -0.137. The number of nitrogens with zero attached hydrogens (tertiary/aromatic N) is 2. The standard InChI is InChI=1S/C25H21ClFN3O2.C21H22BrN3S.C18H14ClF3N2/c1-32-19-8-5-15(6-9-19)24-23-20(21-13-16(26)7-10-22(21)29-23)11-12-30(24)25(31)28-18-4-2-3-17(27)14-18;1-13(2)23-21(26)25-11-10-16-17-12-15(22)8-9-18(17)24-19(16)20(25)14-6-4-3-5-7-14;19-12-5-6-15-14(9-12)13-7-8-23-16(17(13)24-15)10-1-3-11(4-2-10)18(20,21)22/h2-10,13-14,24,29H,11-12H2,1H3,(H,28,31);3-9,12-13,20,24H,10-11H2,1-2H3,(H,23,26);1-6,9,16,23-24H,7-8H2. The van der Waals surface area contributed by atoms with Gasteiger partial charge in [0.05, 0.1) is 30.8 Å². The molecule has 420 valence electrons. The van der Waals surface area contributed by atoms with Gasteiger partial charge >= 0.3 is 12.2 Å². The Bertz CT molecular complexity index is 3960. The molecule has 0 saturated carbocycles. The fourth-order valence-electron chi connectivity index (χ4n) is 11.5. The van der Waals surface area contributed by atoms with Gasteiger partial charge in [-0.1, -0.05) is 99.8 Å². The van der Waals surface area contributed by atoms with Gasteiger partial charge in [-0.2, -0.15) is 13.2 Å². The molecule has 10 aromatic rings. The summed E-state index contributed by atoms with van der Waals surface area (Å²) >= 11 is 21.7. The molecule has 10 nitrogen and oxygen atoms in total. The number of anilines is 1. The molecule has 18 heteroatoms. The van der Waals surface area contributed by atoms with Crippen molar-refractivity contribution in [1.29, 1.82) is 0 Å². The second-order valence-corrected chi connectivity index (χ2v) is 23.0. The summed E-state index contributed by atoms with van der Waals surface area (Å²) in [6, 6.07) is 47.1. The molecule has 3 unspecified atom stereocenters. The minimum atomic E-state index is -4.32. The van der Waals surface area contributed by atoms with Crippen LogP contribution in [0.3, 0.4) is 0 Å². The van der Waals surface area contributed by atoms with Crippen LogP contribution in [-0.4, -0.2) is 68.7 Å². The third-order valence-electron chi connectivity index (χ3n) is 15.2. The Morgan fingerprint density at radius 3 is 1.80 bits per heavy atom. The number of halogens is 7. The van der Waals surface area contributed by atoms with Crippen LogP contribution in [-0.2, 0) is 25.4 Å². The maximum Gasteiger partial charge on any atom is 0.416 e. The van der Waals surface area contributed by atoms with Crippen molar-refractivity contribution in [2.75, 3.05) is 32.1 Å². The highest BCUT2D eigenvalue weighted by Gasteiger charge is 2.37. The summed E-state index contributed by atoms with van der Waals surface area (Å²) in [6.07, 6.45) is -1.80. The van der Waals surface area contributed by atoms with E-state index in [2.05, 4.69) is 114 Å². The van der Waals surface area contributed by atoms with E-state index in [1.54, 1.807) is 24.1 Å². The maximum atomic E-state index is 13.6. The van der Waals surface area contributed by atoms with Gasteiger partial charge in [-0.15, -0.1) is 0 Å². The lowest BCUT2D eigenvalue weighted by Gasteiger charge is -2.38. The van der Waals surface area contributed by atoms with Gasteiger partial charge in [0, 0.05) is 95.7 Å². The Morgan fingerprint density at radius 2 is 1.21 bits per heavy atom. The number of H-pyrrole nitrogens is 3. The largest absolute Gasteiger partial charge is 0.497 e. The number of aromatic amines is 3. The predicted octanol–water partition coefficient (Wildman–Crippen LogP) is 16.4. The summed E-state index contributed by atoms with van der Waals surface area (Å²) < 4.78 is 58.3. The first-order valence-electron chi connectivity index (χ1n) is 26.9. The number of alkyl halides is 3. The van der Waals surface area contributed by atoms with Gasteiger partial charge in [0.2, 0.25) is 0 Å². The Hall–Kier alpha value is -7.34. The summed E-state index contributed by atoms with van der Waals surface area (Å²) in [5.74, 6) is 0.340. The Balaban J connectivity index is 0.000000131. The van der Waals surface area contributed by atoms with Crippen LogP contribution in [0.5, 0.6) is 5.75 Å². The number of nitrogens with one attached hydrogen (secondary N) is 6. The molecule has 3 atom stereocenters. The Kier molecular flexibility index (Phi) is 16.4. The molecule has 7 aromatic carbocycles. The minimum absolute atomic E-state index is 0.102. The quantitative estimate of drug-likeness (QED) is 0.0730. The average Bonchev–Trinajstić information content (AvgIpc) is 3.56. The van der Waals surface area contributed by atoms with Crippen LogP contribution in [0.2, 0.25) is 10.0 Å². The van der Waals surface area contributed by atoms with Crippen molar-refractivity contribution in [2.45, 2.75) is 63.5 Å². The molecule has 2 amide bonds. The second kappa shape index (κ2) is 23.9. The van der Waals surface area contributed by atoms with E-state index in [9.17, 15) is 22.4 Å². The van der Waals surface area contributed by atoms with E-state index < -0.39 is 17.6 Å². The van der Waals surface area contributed by atoms with Crippen molar-refractivity contribution in [3.63, 3.8) is 0 Å². The van der Waals surface area contributed by atoms with Crippen LogP contribution in [0.15, 0.2) is 162 Å². The number of hydrogen-bond acceptors (Lipinski definition) is 4. The number of benzene rings is 7. The van der Waals surface area contributed by atoms with Gasteiger partial charge in [0.15, 0.2) is 5.11 Å². The molecule has 0 bridgehead atoms. The Morgan fingerprint density at radius 1 is 0.659 bits per heavy atom. The molecule has 82 heavy (non-hydrogen) atoms. The van der Waals surface area contributed by atoms with Crippen LogP contribution < -0.4 is 20.7 Å². The molecule has 3 aromatic heterocycles. The van der Waals surface area contributed by atoms with Gasteiger partial charge < -0.3 is 45.4 Å². The van der Waals surface area contributed by atoms with Crippen molar-refractivity contribution in [2.24, 2.45) is 0 Å². The summed E-state index contributed by atoms with van der Waals surface area (Å²) in [4.78, 5) is 28.0. The maximum absolute atomic E-state index is 13.6. The van der Waals surface area contributed by atoms with E-state index in [4.69, 9.17) is 40.2 Å². The third kappa shape index (κ3) is 11.8. The van der Waals surface area contributed by atoms with Gasteiger partial charge in [-0.3, -0.25) is 0 Å². The van der Waals surface area contributed by atoms with Crippen molar-refractivity contribution in [3.05, 3.63) is 234 Å². The predicted molar refractivity (Wildman–Crippen MR) is 328 cm³/mol. The minimum Gasteiger partial charge on any atom is -0.497 e. The summed E-state index contributed by atoms with van der Waals surface area (Å²) in [7, 11) is 1.62. The summed E-state index contributed by atoms with van der Waals surface area (Å²) in [5, 5.41) is 15.3. The molecule has 3 aliphatic heterocycles. The van der Waals surface area contributed by atoms with E-state index in [-0.39, 0.29) is 24.2 Å². The van der Waals surface area contributed by atoms with Gasteiger partial charge in [-0.05, 0) is 176 Å². The molecule has 0 radical (unpaired) electrons. The SMILES string of the molecule is CC(C)NC(=S)N1CCc2c([nH]c3ccc(Br)cc23)C1c1ccccc1.COc1ccc(C2c3[nH]c4ccc(Cl)cc4c3CCN2C(=O)Nc2cccc(F)c2)cc1.FC(F)(F)c1ccc(C2NCCc3c2[nH]c2ccc(Cl)cc32)cc1. The molecular weight excluding hydrogens is 1170 g/mol. The first-order chi connectivity index (χ1) is 39.5. The van der Waals surface area contributed by atoms with Crippen molar-refractivity contribution < 1.29 is 27.1 Å². The number of ether oxygens (including phenoxy) is 1. The van der Waals surface area contributed by atoms with Gasteiger partial charge in [-0.25, -0.2) is 9.18 Å². The van der Waals surface area contributed by atoms with E-state index in [1.165, 1.54) is 57.6 Å². The van der Waals surface area contributed by atoms with E-state index in [1.807, 2.05) is 60.7 Å². The van der Waals surface area contributed by atoms with Gasteiger partial charge in [0.25, 0.3) is 0 Å². The highest BCUT2D eigenvalue weighted by atomic mass is 79.9. The van der Waals surface area contributed by atoms with Crippen LogP contribution in [0, 0.1) is 5.82 Å². The highest BCUT2D eigenvalue weighted by molar-refractivity contribution is 9.10. The van der Waals surface area contributed by atoms with Crippen LogP contribution in [0.1, 0.15) is 88.0 Å². The number of hydrogen-bond donors (Lipinski definition) is 6. The first-order valence-corrected chi connectivity index (χ1v) is 28.9. The molecule has 0 fully saturated rings. The number of rotatable bonds is 6. The monoisotopic (exact) mass is 1230 g/mol. The molecule has 3 aliphatic rings. The zero-order valence-corrected chi connectivity index (χ0v) is 48.7.